The molecular weight excluding hydrogens is 308 g/mol. The molecule has 2 unspecified atom stereocenters. The lowest BCUT2D eigenvalue weighted by molar-refractivity contribution is -0.149. The summed E-state index contributed by atoms with van der Waals surface area (Å²) in [7, 11) is 0. The summed E-state index contributed by atoms with van der Waals surface area (Å²) >= 11 is 0. The van der Waals surface area contributed by atoms with Gasteiger partial charge in [0.15, 0.2) is 0 Å². The number of carbonyl (C=O) groups is 3. The van der Waals surface area contributed by atoms with E-state index < -0.39 is 5.97 Å². The first kappa shape index (κ1) is 17.2. The third kappa shape index (κ3) is 3.15. The van der Waals surface area contributed by atoms with Gasteiger partial charge in [0.1, 0.15) is 6.04 Å². The molecule has 2 heterocycles. The molecule has 0 aromatic heterocycles. The number of amides is 2. The van der Waals surface area contributed by atoms with Gasteiger partial charge in [-0.15, -0.1) is 0 Å². The number of hydrogen-bond acceptors (Lipinski definition) is 3. The predicted molar refractivity (Wildman–Crippen MR) is 88.2 cm³/mol. The molecule has 0 aromatic carbocycles. The molecule has 2 aliphatic heterocycles. The highest BCUT2D eigenvalue weighted by atomic mass is 16.4. The summed E-state index contributed by atoms with van der Waals surface area (Å²) < 4.78 is 0. The van der Waals surface area contributed by atoms with E-state index in [1.54, 1.807) is 4.90 Å². The van der Waals surface area contributed by atoms with Crippen LogP contribution in [0.4, 0.5) is 0 Å². The lowest BCUT2D eigenvalue weighted by atomic mass is 9.90. The largest absolute Gasteiger partial charge is 0.481 e. The van der Waals surface area contributed by atoms with E-state index in [4.69, 9.17) is 0 Å². The van der Waals surface area contributed by atoms with Gasteiger partial charge < -0.3 is 14.9 Å². The van der Waals surface area contributed by atoms with E-state index in [0.717, 1.165) is 44.9 Å². The molecule has 0 radical (unpaired) electrons. The molecule has 1 aliphatic carbocycles. The minimum absolute atomic E-state index is 0.0626. The van der Waals surface area contributed by atoms with Crippen molar-refractivity contribution >= 4 is 17.8 Å². The van der Waals surface area contributed by atoms with Crippen molar-refractivity contribution in [3.8, 4) is 0 Å². The molecule has 1 saturated carbocycles. The number of hydrogen-bond donors (Lipinski definition) is 1. The molecule has 3 fully saturated rings. The predicted octanol–water partition coefficient (Wildman–Crippen LogP) is 1.88. The Kier molecular flexibility index (Phi) is 4.83. The van der Waals surface area contributed by atoms with Gasteiger partial charge in [0.2, 0.25) is 11.8 Å². The summed E-state index contributed by atoms with van der Waals surface area (Å²) in [6.07, 6.45) is 6.36. The molecule has 134 valence electrons. The summed E-state index contributed by atoms with van der Waals surface area (Å²) in [5, 5.41) is 9.17. The van der Waals surface area contributed by atoms with E-state index in [1.165, 1.54) is 0 Å². The smallest absolute Gasteiger partial charge is 0.307 e. The van der Waals surface area contributed by atoms with Gasteiger partial charge in [-0.3, -0.25) is 14.4 Å². The van der Waals surface area contributed by atoms with Crippen molar-refractivity contribution in [2.75, 3.05) is 19.6 Å². The maximum Gasteiger partial charge on any atom is 0.307 e. The number of likely N-dealkylation sites (tertiary alicyclic amines) is 2. The Bertz CT molecular complexity index is 525. The van der Waals surface area contributed by atoms with Crippen LogP contribution < -0.4 is 0 Å². The van der Waals surface area contributed by atoms with E-state index in [2.05, 4.69) is 0 Å². The van der Waals surface area contributed by atoms with Crippen LogP contribution in [0.25, 0.3) is 0 Å². The standard InChI is InChI=1S/C18H28N2O4/c1-2-5-15(21)20-9-4-3-6-14(20)16(22)19-10-7-18(8-11-19)12-13(18)17(23)24/h13-14H,2-12H2,1H3,(H,23,24). The summed E-state index contributed by atoms with van der Waals surface area (Å²) in [4.78, 5) is 40.1. The van der Waals surface area contributed by atoms with Crippen LogP contribution in [0, 0.1) is 11.3 Å². The first-order valence-electron chi connectivity index (χ1n) is 9.29. The first-order valence-corrected chi connectivity index (χ1v) is 9.29. The zero-order valence-corrected chi connectivity index (χ0v) is 14.5. The second-order valence-electron chi connectivity index (χ2n) is 7.63. The van der Waals surface area contributed by atoms with Crippen molar-refractivity contribution in [3.63, 3.8) is 0 Å². The third-order valence-corrected chi connectivity index (χ3v) is 6.13. The molecule has 1 spiro atoms. The SMILES string of the molecule is CCCC(=O)N1CCCCC1C(=O)N1CCC2(CC1)CC2C(=O)O. The normalized spacial score (nSPS) is 28.7. The minimum atomic E-state index is -0.696. The average Bonchev–Trinajstić information content (AvgIpc) is 3.29. The van der Waals surface area contributed by atoms with Gasteiger partial charge >= 0.3 is 5.97 Å². The molecule has 1 N–H and O–H groups in total. The molecule has 2 saturated heterocycles. The number of carboxylic acids is 1. The Labute approximate surface area is 143 Å². The fraction of sp³-hybridized carbons (Fsp3) is 0.833. The maximum atomic E-state index is 12.9. The highest BCUT2D eigenvalue weighted by Gasteiger charge is 2.59. The highest BCUT2D eigenvalue weighted by molar-refractivity contribution is 5.88. The topological polar surface area (TPSA) is 77.9 Å². The molecule has 2 amide bonds. The number of rotatable bonds is 4. The molecular formula is C18H28N2O4. The van der Waals surface area contributed by atoms with Crippen molar-refractivity contribution < 1.29 is 19.5 Å². The van der Waals surface area contributed by atoms with Crippen LogP contribution in [0.5, 0.6) is 0 Å². The quantitative estimate of drug-likeness (QED) is 0.850. The number of carbonyl (C=O) groups excluding carboxylic acids is 2. The van der Waals surface area contributed by atoms with Crippen LogP contribution in [0.3, 0.4) is 0 Å². The second-order valence-corrected chi connectivity index (χ2v) is 7.63. The molecule has 0 bridgehead atoms. The van der Waals surface area contributed by atoms with Gasteiger partial charge in [0.05, 0.1) is 5.92 Å². The number of nitrogens with zero attached hydrogens (tertiary/aromatic N) is 2. The highest BCUT2D eigenvalue weighted by Crippen LogP contribution is 2.59. The maximum absolute atomic E-state index is 12.9. The van der Waals surface area contributed by atoms with Gasteiger partial charge in [-0.25, -0.2) is 0 Å². The van der Waals surface area contributed by atoms with Crippen LogP contribution in [-0.4, -0.2) is 58.4 Å². The van der Waals surface area contributed by atoms with Gasteiger partial charge in [0, 0.05) is 26.1 Å². The Hall–Kier alpha value is -1.59. The van der Waals surface area contributed by atoms with Crippen molar-refractivity contribution in [1.82, 2.24) is 9.80 Å². The van der Waals surface area contributed by atoms with Crippen molar-refractivity contribution in [3.05, 3.63) is 0 Å². The van der Waals surface area contributed by atoms with E-state index in [1.807, 2.05) is 11.8 Å². The van der Waals surface area contributed by atoms with Crippen LogP contribution in [0.2, 0.25) is 0 Å². The zero-order chi connectivity index (χ0) is 17.3. The lowest BCUT2D eigenvalue weighted by Gasteiger charge is -2.40. The molecule has 6 heteroatoms. The number of aliphatic carboxylic acids is 1. The van der Waals surface area contributed by atoms with Gasteiger partial charge in [0.25, 0.3) is 0 Å². The first-order chi connectivity index (χ1) is 11.5. The van der Waals surface area contributed by atoms with Crippen LogP contribution >= 0.6 is 0 Å². The molecule has 3 aliphatic rings. The van der Waals surface area contributed by atoms with Gasteiger partial charge in [-0.1, -0.05) is 6.92 Å². The Morgan fingerprint density at radius 1 is 1.12 bits per heavy atom. The van der Waals surface area contributed by atoms with Gasteiger partial charge in [-0.2, -0.15) is 0 Å². The zero-order valence-electron chi connectivity index (χ0n) is 14.5. The van der Waals surface area contributed by atoms with Crippen molar-refractivity contribution in [2.24, 2.45) is 11.3 Å². The van der Waals surface area contributed by atoms with E-state index in [0.29, 0.717) is 26.1 Å². The fourth-order valence-corrected chi connectivity index (χ4v) is 4.48. The van der Waals surface area contributed by atoms with Crippen LogP contribution in [-0.2, 0) is 14.4 Å². The van der Waals surface area contributed by atoms with E-state index >= 15 is 0 Å². The van der Waals surface area contributed by atoms with E-state index in [9.17, 15) is 19.5 Å². The number of carboxylic acid groups (broad SMARTS) is 1. The monoisotopic (exact) mass is 336 g/mol. The summed E-state index contributed by atoms with van der Waals surface area (Å²) in [6.45, 7) is 3.94. The van der Waals surface area contributed by atoms with Crippen LogP contribution in [0.15, 0.2) is 0 Å². The van der Waals surface area contributed by atoms with Crippen molar-refractivity contribution in [2.45, 2.75) is 64.3 Å². The molecule has 24 heavy (non-hydrogen) atoms. The van der Waals surface area contributed by atoms with Crippen molar-refractivity contribution in [1.29, 1.82) is 0 Å². The fourth-order valence-electron chi connectivity index (χ4n) is 4.48. The summed E-state index contributed by atoms with van der Waals surface area (Å²) in [5.41, 5.74) is -0.0626. The molecule has 0 aromatic rings. The Morgan fingerprint density at radius 2 is 1.83 bits per heavy atom. The molecule has 6 nitrogen and oxygen atoms in total. The van der Waals surface area contributed by atoms with E-state index in [-0.39, 0.29) is 29.2 Å². The third-order valence-electron chi connectivity index (χ3n) is 6.13. The average molecular weight is 336 g/mol. The van der Waals surface area contributed by atoms with Gasteiger partial charge in [-0.05, 0) is 50.4 Å². The summed E-state index contributed by atoms with van der Waals surface area (Å²) in [6, 6.07) is -0.304. The molecule has 3 rings (SSSR count). The minimum Gasteiger partial charge on any atom is -0.481 e. The second kappa shape index (κ2) is 6.73. The van der Waals surface area contributed by atoms with Crippen LogP contribution in [0.1, 0.15) is 58.3 Å². The molecule has 2 atom stereocenters. The lowest BCUT2D eigenvalue weighted by Crippen LogP contribution is -2.54. The Balaban J connectivity index is 1.59. The summed E-state index contributed by atoms with van der Waals surface area (Å²) in [5.74, 6) is -0.746. The number of piperidine rings is 2. The Morgan fingerprint density at radius 3 is 2.42 bits per heavy atom.